The molecule has 186 valence electrons. The molecule has 1 aliphatic rings. The van der Waals surface area contributed by atoms with E-state index < -0.39 is 24.4 Å². The first kappa shape index (κ1) is 24.9. The Labute approximate surface area is 203 Å². The van der Waals surface area contributed by atoms with E-state index >= 15 is 0 Å². The number of nitrogens with one attached hydrogen (secondary N) is 1. The molecular weight excluding hydrogens is 453 g/mol. The van der Waals surface area contributed by atoms with Crippen molar-refractivity contribution >= 4 is 5.91 Å². The summed E-state index contributed by atoms with van der Waals surface area (Å²) >= 11 is 0. The minimum absolute atomic E-state index is 0.108. The highest BCUT2D eigenvalue weighted by Crippen LogP contribution is 2.25. The zero-order chi connectivity index (χ0) is 24.8. The molecule has 2 heterocycles. The summed E-state index contributed by atoms with van der Waals surface area (Å²) in [6.07, 6.45) is -2.25. The minimum Gasteiger partial charge on any atom is -0.388 e. The Balaban J connectivity index is 1.25. The van der Waals surface area contributed by atoms with Crippen molar-refractivity contribution in [3.05, 3.63) is 83.4 Å². The van der Waals surface area contributed by atoms with Gasteiger partial charge < -0.3 is 20.3 Å². The van der Waals surface area contributed by atoms with Gasteiger partial charge in [-0.05, 0) is 30.3 Å². The van der Waals surface area contributed by atoms with Crippen LogP contribution in [0.1, 0.15) is 23.2 Å². The first-order valence-corrected chi connectivity index (χ1v) is 11.5. The average molecular weight is 484 g/mol. The molecule has 35 heavy (non-hydrogen) atoms. The smallest absolute Gasteiger partial charge is 0.222 e. The summed E-state index contributed by atoms with van der Waals surface area (Å²) in [5.41, 5.74) is 2.72. The highest BCUT2D eigenvalue weighted by atomic mass is 19.1. The third-order valence-electron chi connectivity index (χ3n) is 5.93. The monoisotopic (exact) mass is 483 g/mol. The number of amides is 1. The molecule has 10 heteroatoms. The van der Waals surface area contributed by atoms with Gasteiger partial charge in [-0.25, -0.2) is 9.07 Å². The predicted molar refractivity (Wildman–Crippen MR) is 125 cm³/mol. The van der Waals surface area contributed by atoms with Crippen molar-refractivity contribution in [3.63, 3.8) is 0 Å². The molecule has 4 unspecified atom stereocenters. The van der Waals surface area contributed by atoms with E-state index in [-0.39, 0.29) is 31.2 Å². The molecule has 3 N–H and O–H groups in total. The number of carbonyl (C=O) groups excluding carboxylic acids is 1. The number of rotatable bonds is 10. The number of ether oxygens (including phenoxy) is 1. The Morgan fingerprint density at radius 3 is 2.51 bits per heavy atom. The Hall–Kier alpha value is -3.18. The largest absolute Gasteiger partial charge is 0.388 e. The van der Waals surface area contributed by atoms with Gasteiger partial charge in [0.2, 0.25) is 5.91 Å². The van der Waals surface area contributed by atoms with E-state index in [1.807, 2.05) is 25.2 Å². The van der Waals surface area contributed by atoms with Crippen molar-refractivity contribution in [1.82, 2.24) is 25.2 Å². The van der Waals surface area contributed by atoms with E-state index in [9.17, 15) is 19.4 Å². The number of nitrogens with zero attached hydrogens (tertiary/aromatic N) is 4. The summed E-state index contributed by atoms with van der Waals surface area (Å²) in [5.74, 6) is -0.683. The second-order valence-corrected chi connectivity index (χ2v) is 8.89. The van der Waals surface area contributed by atoms with E-state index in [0.29, 0.717) is 6.54 Å². The fourth-order valence-corrected chi connectivity index (χ4v) is 4.12. The summed E-state index contributed by atoms with van der Waals surface area (Å²) < 4.78 is 20.4. The van der Waals surface area contributed by atoms with Crippen LogP contribution in [0.4, 0.5) is 4.39 Å². The lowest BCUT2D eigenvalue weighted by Crippen LogP contribution is -2.36. The van der Waals surface area contributed by atoms with Crippen LogP contribution in [-0.4, -0.2) is 67.5 Å². The molecule has 1 saturated heterocycles. The van der Waals surface area contributed by atoms with Gasteiger partial charge >= 0.3 is 0 Å². The summed E-state index contributed by atoms with van der Waals surface area (Å²) in [6.45, 7) is 1.80. The van der Waals surface area contributed by atoms with Crippen LogP contribution in [0.2, 0.25) is 0 Å². The maximum atomic E-state index is 13.0. The Kier molecular flexibility index (Phi) is 8.19. The van der Waals surface area contributed by atoms with Crippen LogP contribution in [0, 0.1) is 5.82 Å². The van der Waals surface area contributed by atoms with Gasteiger partial charge in [0, 0.05) is 25.8 Å². The maximum Gasteiger partial charge on any atom is 0.222 e. The highest BCUT2D eigenvalue weighted by Gasteiger charge is 2.43. The normalized spacial score (nSPS) is 22.0. The van der Waals surface area contributed by atoms with Gasteiger partial charge in [0.1, 0.15) is 24.1 Å². The summed E-state index contributed by atoms with van der Waals surface area (Å²) in [6, 6.07) is 15.9. The number of hydrogen-bond acceptors (Lipinski definition) is 7. The number of halogens is 1. The molecular formula is C25H30FN5O4. The van der Waals surface area contributed by atoms with Crippen LogP contribution in [0.3, 0.4) is 0 Å². The van der Waals surface area contributed by atoms with Gasteiger partial charge in [0.15, 0.2) is 0 Å². The molecule has 9 nitrogen and oxygen atoms in total. The molecule has 1 aromatic heterocycles. The van der Waals surface area contributed by atoms with Crippen LogP contribution in [-0.2, 0) is 35.7 Å². The lowest BCUT2D eigenvalue weighted by Gasteiger charge is -2.15. The van der Waals surface area contributed by atoms with Gasteiger partial charge in [0.05, 0.1) is 24.8 Å². The van der Waals surface area contributed by atoms with Gasteiger partial charge in [-0.15, -0.1) is 5.10 Å². The predicted octanol–water partition coefficient (Wildman–Crippen LogP) is 1.24. The van der Waals surface area contributed by atoms with Gasteiger partial charge in [-0.2, -0.15) is 0 Å². The topological polar surface area (TPSA) is 113 Å². The number of benzene rings is 2. The van der Waals surface area contributed by atoms with Crippen LogP contribution < -0.4 is 5.32 Å². The lowest BCUT2D eigenvalue weighted by molar-refractivity contribution is -0.125. The molecule has 3 aromatic rings. The molecule has 0 bridgehead atoms. The van der Waals surface area contributed by atoms with Gasteiger partial charge in [-0.3, -0.25) is 9.69 Å². The fraction of sp³-hybridized carbons (Fsp3) is 0.400. The molecule has 0 saturated carbocycles. The molecule has 0 radical (unpaired) electrons. The summed E-state index contributed by atoms with van der Waals surface area (Å²) in [4.78, 5) is 14.4. The molecule has 1 amide bonds. The third kappa shape index (κ3) is 6.92. The van der Waals surface area contributed by atoms with Crippen molar-refractivity contribution in [3.8, 4) is 0 Å². The molecule has 1 aliphatic heterocycles. The van der Waals surface area contributed by atoms with Crippen molar-refractivity contribution in [2.24, 2.45) is 0 Å². The Morgan fingerprint density at radius 2 is 1.77 bits per heavy atom. The zero-order valence-electron chi connectivity index (χ0n) is 19.5. The molecule has 1 fully saturated rings. The van der Waals surface area contributed by atoms with Crippen molar-refractivity contribution in [2.75, 3.05) is 7.05 Å². The molecule has 4 atom stereocenters. The number of hydrogen-bond donors (Lipinski definition) is 3. The number of carbonyl (C=O) groups is 1. The first-order chi connectivity index (χ1) is 16.9. The second kappa shape index (κ2) is 11.5. The third-order valence-corrected chi connectivity index (χ3v) is 5.93. The van der Waals surface area contributed by atoms with Gasteiger partial charge in [-0.1, -0.05) is 47.7 Å². The van der Waals surface area contributed by atoms with Crippen molar-refractivity contribution < 1.29 is 24.1 Å². The van der Waals surface area contributed by atoms with Crippen molar-refractivity contribution in [2.45, 2.75) is 57.0 Å². The van der Waals surface area contributed by atoms with Gasteiger partial charge in [0.25, 0.3) is 0 Å². The standard InChI is InChI=1S/C25H30FN5O4/c1-30(13-18-5-3-2-4-6-18)14-20-15-31(29-28-20)16-22-25(34)24(33)21(35-22)11-23(32)27-12-17-7-9-19(26)10-8-17/h2-10,15,21-22,24-25,33-34H,11-14,16H2,1H3,(H,27,32). The first-order valence-electron chi connectivity index (χ1n) is 11.5. The second-order valence-electron chi connectivity index (χ2n) is 8.89. The van der Waals surface area contributed by atoms with E-state index in [1.165, 1.54) is 17.7 Å². The molecule has 0 spiro atoms. The lowest BCUT2D eigenvalue weighted by atomic mass is 10.1. The van der Waals surface area contributed by atoms with E-state index in [1.54, 1.807) is 23.0 Å². The fourth-order valence-electron chi connectivity index (χ4n) is 4.12. The summed E-state index contributed by atoms with van der Waals surface area (Å²) in [7, 11) is 2.00. The Bertz CT molecular complexity index is 1090. The minimum atomic E-state index is -1.20. The average Bonchev–Trinajstić information content (AvgIpc) is 3.38. The summed E-state index contributed by atoms with van der Waals surface area (Å²) in [5, 5.41) is 31.9. The van der Waals surface area contributed by atoms with Crippen LogP contribution in [0.15, 0.2) is 60.8 Å². The molecule has 2 aromatic carbocycles. The number of aliphatic hydroxyl groups is 2. The number of aromatic nitrogens is 3. The van der Waals surface area contributed by atoms with Crippen LogP contribution in [0.25, 0.3) is 0 Å². The zero-order valence-corrected chi connectivity index (χ0v) is 19.5. The quantitative estimate of drug-likeness (QED) is 0.398. The highest BCUT2D eigenvalue weighted by molar-refractivity contribution is 5.76. The Morgan fingerprint density at radius 1 is 1.06 bits per heavy atom. The van der Waals surface area contributed by atoms with E-state index in [2.05, 4.69) is 32.7 Å². The SMILES string of the molecule is CN(Cc1ccccc1)Cc1cn(CC2OC(CC(=O)NCc3ccc(F)cc3)C(O)C2O)nn1. The van der Waals surface area contributed by atoms with Crippen LogP contribution >= 0.6 is 0 Å². The molecule has 0 aliphatic carbocycles. The number of aliphatic hydroxyl groups excluding tert-OH is 2. The van der Waals surface area contributed by atoms with Crippen molar-refractivity contribution in [1.29, 1.82) is 0 Å². The van der Waals surface area contributed by atoms with Crippen LogP contribution in [0.5, 0.6) is 0 Å². The molecule has 4 rings (SSSR count). The van der Waals surface area contributed by atoms with E-state index in [0.717, 1.165) is 17.8 Å². The maximum absolute atomic E-state index is 13.0. The van der Waals surface area contributed by atoms with E-state index in [4.69, 9.17) is 4.74 Å².